The van der Waals surface area contributed by atoms with Gasteiger partial charge in [0.25, 0.3) is 5.56 Å². The van der Waals surface area contributed by atoms with Crippen LogP contribution in [0.3, 0.4) is 0 Å². The Labute approximate surface area is 142 Å². The molecular weight excluding hydrogens is 338 g/mol. The predicted octanol–water partition coefficient (Wildman–Crippen LogP) is 0.00900. The van der Waals surface area contributed by atoms with Crippen LogP contribution in [0, 0.1) is 0 Å². The number of carbonyl (C=O) groups excluding carboxylic acids is 1. The third kappa shape index (κ3) is 3.37. The molecule has 1 aromatic heterocycles. The molecule has 1 fully saturated rings. The maximum Gasteiger partial charge on any atom is 0.332 e. The number of thioether (sulfide) groups is 1. The molecule has 0 spiro atoms. The first-order valence-electron chi connectivity index (χ1n) is 6.80. The molecule has 0 bridgehead atoms. The number of nitrogen functional groups attached to an aromatic ring is 1. The van der Waals surface area contributed by atoms with Gasteiger partial charge < -0.3 is 5.73 Å². The Kier molecular flexibility index (Phi) is 5.05. The standard InChI is InChI=1S/C13H17N5O3S2/c1-7(4-5-18-8(19)6-23-13(18)22)15-10-9(14)11(20)17(3)12(21)16(10)2/h4-6,14H2,1-3H3/b15-7+. The van der Waals surface area contributed by atoms with Crippen LogP contribution in [0.5, 0.6) is 0 Å². The van der Waals surface area contributed by atoms with E-state index in [0.717, 1.165) is 4.57 Å². The lowest BCUT2D eigenvalue weighted by Crippen LogP contribution is -2.38. The lowest BCUT2D eigenvalue weighted by molar-refractivity contribution is -0.123. The fourth-order valence-corrected chi connectivity index (χ4v) is 3.22. The highest BCUT2D eigenvalue weighted by Gasteiger charge is 2.26. The molecule has 0 aliphatic carbocycles. The maximum atomic E-state index is 11.9. The molecule has 1 saturated heterocycles. The van der Waals surface area contributed by atoms with Crippen molar-refractivity contribution in [2.75, 3.05) is 18.0 Å². The highest BCUT2D eigenvalue weighted by Crippen LogP contribution is 2.20. The van der Waals surface area contributed by atoms with Gasteiger partial charge in [0.2, 0.25) is 5.91 Å². The van der Waals surface area contributed by atoms with E-state index in [2.05, 4.69) is 4.99 Å². The Balaban J connectivity index is 2.25. The quantitative estimate of drug-likeness (QED) is 0.603. The van der Waals surface area contributed by atoms with Crippen LogP contribution in [0.25, 0.3) is 0 Å². The summed E-state index contributed by atoms with van der Waals surface area (Å²) in [5.74, 6) is 0.471. The van der Waals surface area contributed by atoms with Crippen molar-refractivity contribution in [1.29, 1.82) is 0 Å². The van der Waals surface area contributed by atoms with Crippen molar-refractivity contribution in [3.05, 3.63) is 20.8 Å². The molecule has 1 aliphatic rings. The third-order valence-electron chi connectivity index (χ3n) is 3.50. The van der Waals surface area contributed by atoms with Gasteiger partial charge in [-0.3, -0.25) is 23.6 Å². The molecule has 1 aliphatic heterocycles. The van der Waals surface area contributed by atoms with Gasteiger partial charge in [-0.2, -0.15) is 0 Å². The average molecular weight is 355 g/mol. The van der Waals surface area contributed by atoms with E-state index in [1.807, 2.05) is 0 Å². The first-order valence-corrected chi connectivity index (χ1v) is 8.20. The van der Waals surface area contributed by atoms with Gasteiger partial charge in [0.15, 0.2) is 5.82 Å². The number of aliphatic imine (C=N–C) groups is 1. The minimum Gasteiger partial charge on any atom is -0.391 e. The highest BCUT2D eigenvalue weighted by molar-refractivity contribution is 8.23. The molecule has 8 nitrogen and oxygen atoms in total. The van der Waals surface area contributed by atoms with E-state index in [0.29, 0.717) is 28.8 Å². The van der Waals surface area contributed by atoms with Gasteiger partial charge in [-0.25, -0.2) is 9.79 Å². The molecule has 1 aromatic rings. The average Bonchev–Trinajstić information content (AvgIpc) is 2.84. The first kappa shape index (κ1) is 17.4. The number of nitrogens with zero attached hydrogens (tertiary/aromatic N) is 4. The smallest absolute Gasteiger partial charge is 0.332 e. The summed E-state index contributed by atoms with van der Waals surface area (Å²) in [6.45, 7) is 2.16. The summed E-state index contributed by atoms with van der Waals surface area (Å²) in [6, 6.07) is 0. The summed E-state index contributed by atoms with van der Waals surface area (Å²) < 4.78 is 2.72. The van der Waals surface area contributed by atoms with Gasteiger partial charge in [0.1, 0.15) is 10.0 Å². The molecule has 0 unspecified atom stereocenters. The molecule has 0 saturated carbocycles. The highest BCUT2D eigenvalue weighted by atomic mass is 32.2. The minimum atomic E-state index is -0.577. The summed E-state index contributed by atoms with van der Waals surface area (Å²) >= 11 is 6.45. The van der Waals surface area contributed by atoms with Gasteiger partial charge in [-0.1, -0.05) is 24.0 Å². The van der Waals surface area contributed by atoms with Crippen molar-refractivity contribution in [3.63, 3.8) is 0 Å². The second-order valence-electron chi connectivity index (χ2n) is 5.14. The number of nitrogens with two attached hydrogens (primary N) is 1. The third-order valence-corrected chi connectivity index (χ3v) is 4.93. The Morgan fingerprint density at radius 2 is 1.96 bits per heavy atom. The Morgan fingerprint density at radius 3 is 2.52 bits per heavy atom. The summed E-state index contributed by atoms with van der Waals surface area (Å²) in [4.78, 5) is 41.3. The monoisotopic (exact) mass is 355 g/mol. The molecule has 10 heteroatoms. The lowest BCUT2D eigenvalue weighted by Gasteiger charge is -2.15. The molecular formula is C13H17N5O3S2. The molecule has 1 amide bonds. The molecule has 23 heavy (non-hydrogen) atoms. The van der Waals surface area contributed by atoms with Crippen LogP contribution < -0.4 is 17.0 Å². The number of anilines is 1. The number of hydrogen-bond acceptors (Lipinski definition) is 7. The van der Waals surface area contributed by atoms with Crippen LogP contribution in [0.1, 0.15) is 13.3 Å². The summed E-state index contributed by atoms with van der Waals surface area (Å²) in [7, 11) is 2.86. The number of aromatic nitrogens is 2. The fraction of sp³-hybridized carbons (Fsp3) is 0.462. The summed E-state index contributed by atoms with van der Waals surface area (Å²) in [5, 5.41) is 0. The topological polar surface area (TPSA) is 103 Å². The van der Waals surface area contributed by atoms with Crippen molar-refractivity contribution in [3.8, 4) is 0 Å². The van der Waals surface area contributed by atoms with Crippen LogP contribution in [0.2, 0.25) is 0 Å². The molecule has 0 aromatic carbocycles. The van der Waals surface area contributed by atoms with Crippen molar-refractivity contribution < 1.29 is 4.79 Å². The number of hydrogen-bond donors (Lipinski definition) is 1. The van der Waals surface area contributed by atoms with Crippen LogP contribution in [-0.4, -0.2) is 42.3 Å². The molecule has 2 rings (SSSR count). The lowest BCUT2D eigenvalue weighted by atomic mass is 10.3. The Morgan fingerprint density at radius 1 is 1.30 bits per heavy atom. The zero-order valence-corrected chi connectivity index (χ0v) is 14.7. The Hall–Kier alpha value is -1.94. The number of amides is 1. The van der Waals surface area contributed by atoms with Crippen molar-refractivity contribution >= 4 is 51.4 Å². The number of rotatable bonds is 4. The predicted molar refractivity (Wildman–Crippen MR) is 95.5 cm³/mol. The zero-order chi connectivity index (χ0) is 17.3. The second-order valence-corrected chi connectivity index (χ2v) is 6.75. The van der Waals surface area contributed by atoms with Gasteiger partial charge in [0, 0.05) is 32.8 Å². The van der Waals surface area contributed by atoms with Crippen LogP contribution in [-0.2, 0) is 18.9 Å². The van der Waals surface area contributed by atoms with Crippen molar-refractivity contribution in [2.45, 2.75) is 13.3 Å². The zero-order valence-electron chi connectivity index (χ0n) is 13.0. The normalized spacial score (nSPS) is 15.6. The molecule has 2 N–H and O–H groups in total. The largest absolute Gasteiger partial charge is 0.391 e. The number of carbonyl (C=O) groups is 1. The maximum absolute atomic E-state index is 11.9. The number of thiocarbonyl (C=S) groups is 1. The van der Waals surface area contributed by atoms with E-state index >= 15 is 0 Å². The van der Waals surface area contributed by atoms with Crippen LogP contribution in [0.15, 0.2) is 14.6 Å². The molecule has 124 valence electrons. The summed E-state index contributed by atoms with van der Waals surface area (Å²) in [5.41, 5.74) is 5.26. The van der Waals surface area contributed by atoms with Crippen molar-refractivity contribution in [1.82, 2.24) is 14.0 Å². The van der Waals surface area contributed by atoms with Crippen molar-refractivity contribution in [2.24, 2.45) is 19.1 Å². The van der Waals surface area contributed by atoms with Gasteiger partial charge in [0.05, 0.1) is 5.75 Å². The SMILES string of the molecule is C/C(CCN1C(=O)CSC1=S)=N\c1c(N)c(=O)n(C)c(=O)n1C. The van der Waals surface area contributed by atoms with E-state index in [1.165, 1.54) is 35.3 Å². The van der Waals surface area contributed by atoms with Crippen LogP contribution in [0.4, 0.5) is 11.5 Å². The summed E-state index contributed by atoms with van der Waals surface area (Å²) in [6.07, 6.45) is 0.468. The van der Waals surface area contributed by atoms with Gasteiger partial charge in [-0.15, -0.1) is 0 Å². The molecule has 0 atom stereocenters. The van der Waals surface area contributed by atoms with E-state index in [-0.39, 0.29) is 17.4 Å². The Bertz CT molecular complexity index is 771. The van der Waals surface area contributed by atoms with E-state index in [1.54, 1.807) is 6.92 Å². The van der Waals surface area contributed by atoms with E-state index in [9.17, 15) is 14.4 Å². The van der Waals surface area contributed by atoms with E-state index < -0.39 is 11.2 Å². The first-order chi connectivity index (χ1) is 10.7. The van der Waals surface area contributed by atoms with Gasteiger partial charge in [-0.05, 0) is 6.92 Å². The minimum absolute atomic E-state index is 0.0201. The van der Waals surface area contributed by atoms with Gasteiger partial charge >= 0.3 is 5.69 Å². The molecule has 0 radical (unpaired) electrons. The second kappa shape index (κ2) is 6.67. The fourth-order valence-electron chi connectivity index (χ4n) is 2.10. The van der Waals surface area contributed by atoms with Crippen LogP contribution >= 0.6 is 24.0 Å². The van der Waals surface area contributed by atoms with E-state index in [4.69, 9.17) is 18.0 Å². The molecule has 2 heterocycles.